The van der Waals surface area contributed by atoms with Crippen molar-refractivity contribution in [2.24, 2.45) is 4.99 Å². The van der Waals surface area contributed by atoms with Crippen molar-refractivity contribution in [1.82, 2.24) is 4.57 Å². The second-order valence-electron chi connectivity index (χ2n) is 6.60. The molecule has 0 unspecified atom stereocenters. The highest BCUT2D eigenvalue weighted by atomic mass is 32.1. The average molecular weight is 434 g/mol. The molecule has 1 amide bonds. The Hall–Kier alpha value is -2.58. The van der Waals surface area contributed by atoms with Crippen LogP contribution in [0.3, 0.4) is 0 Å². The summed E-state index contributed by atoms with van der Waals surface area (Å²) in [6.45, 7) is 8.91. The first-order chi connectivity index (χ1) is 14.5. The highest BCUT2D eigenvalue weighted by molar-refractivity contribution is 7.16. The van der Waals surface area contributed by atoms with Crippen molar-refractivity contribution in [2.75, 3.05) is 31.2 Å². The molecular weight excluding hydrogens is 408 g/mol. The van der Waals surface area contributed by atoms with Crippen LogP contribution in [-0.4, -0.2) is 36.8 Å². The topological polar surface area (TPSA) is 46.8 Å². The summed E-state index contributed by atoms with van der Waals surface area (Å²) in [5.74, 6) is -1.78. The summed E-state index contributed by atoms with van der Waals surface area (Å²) in [6, 6.07) is 9.33. The first kappa shape index (κ1) is 22.1. The molecule has 0 bridgehead atoms. The van der Waals surface area contributed by atoms with E-state index in [-0.39, 0.29) is 5.52 Å². The summed E-state index contributed by atoms with van der Waals surface area (Å²) in [4.78, 5) is 19.5. The van der Waals surface area contributed by atoms with E-state index < -0.39 is 17.5 Å². The van der Waals surface area contributed by atoms with Crippen molar-refractivity contribution < 1.29 is 18.3 Å². The average Bonchev–Trinajstić information content (AvgIpc) is 3.06. The molecule has 8 heteroatoms. The molecule has 2 aromatic carbocycles. The van der Waals surface area contributed by atoms with Gasteiger partial charge in [-0.3, -0.25) is 4.79 Å². The van der Waals surface area contributed by atoms with Crippen LogP contribution in [0.1, 0.15) is 31.1 Å². The van der Waals surface area contributed by atoms with E-state index in [2.05, 4.69) is 23.7 Å². The smallest absolute Gasteiger partial charge is 0.279 e. The lowest BCUT2D eigenvalue weighted by Crippen LogP contribution is -2.22. The number of hydrogen-bond acceptors (Lipinski definition) is 4. The van der Waals surface area contributed by atoms with Gasteiger partial charge in [0.1, 0.15) is 5.82 Å². The van der Waals surface area contributed by atoms with Crippen LogP contribution in [0.15, 0.2) is 41.4 Å². The van der Waals surface area contributed by atoms with E-state index in [9.17, 15) is 13.6 Å². The van der Waals surface area contributed by atoms with Crippen molar-refractivity contribution in [2.45, 2.75) is 27.3 Å². The summed E-state index contributed by atoms with van der Waals surface area (Å²) in [5.41, 5.74) is 1.69. The lowest BCUT2D eigenvalue weighted by molar-refractivity contribution is 0.0996. The molecule has 0 saturated carbocycles. The van der Waals surface area contributed by atoms with Gasteiger partial charge in [0.15, 0.2) is 10.6 Å². The minimum absolute atomic E-state index is 0.226. The van der Waals surface area contributed by atoms with Gasteiger partial charge in [-0.1, -0.05) is 11.3 Å². The molecule has 0 fully saturated rings. The molecule has 0 aliphatic carbocycles. The number of carbonyl (C=O) groups is 1. The first-order valence-electron chi connectivity index (χ1n) is 9.98. The zero-order valence-electron chi connectivity index (χ0n) is 17.3. The largest absolute Gasteiger partial charge is 0.380 e. The summed E-state index contributed by atoms with van der Waals surface area (Å²) in [7, 11) is 0. The number of nitrogens with zero attached hydrogens (tertiary/aromatic N) is 3. The van der Waals surface area contributed by atoms with E-state index in [0.29, 0.717) is 34.8 Å². The standard InChI is InChI=1S/C22H25F2N3O2S/c1-4-26(5-2)17-9-7-15(8-10-17)21(28)25-22-27(11-12-29-6-3)20-18(24)13-16(23)14-19(20)30-22/h7-10,13-14H,4-6,11-12H2,1-3H3. The highest BCUT2D eigenvalue weighted by Crippen LogP contribution is 2.22. The van der Waals surface area contributed by atoms with Crippen molar-refractivity contribution in [3.05, 3.63) is 58.4 Å². The molecule has 0 spiro atoms. The maximum absolute atomic E-state index is 14.5. The van der Waals surface area contributed by atoms with Gasteiger partial charge in [0.05, 0.1) is 16.8 Å². The maximum atomic E-state index is 14.5. The Morgan fingerprint density at radius 1 is 1.13 bits per heavy atom. The van der Waals surface area contributed by atoms with E-state index in [4.69, 9.17) is 4.74 Å². The lowest BCUT2D eigenvalue weighted by Gasteiger charge is -2.20. The Morgan fingerprint density at radius 2 is 1.83 bits per heavy atom. The molecule has 1 aromatic heterocycles. The van der Waals surface area contributed by atoms with Crippen LogP contribution in [0, 0.1) is 11.6 Å². The molecule has 0 aliphatic heterocycles. The van der Waals surface area contributed by atoms with Crippen LogP contribution < -0.4 is 9.70 Å². The predicted octanol–water partition coefficient (Wildman–Crippen LogP) is 4.60. The second kappa shape index (κ2) is 9.95. The zero-order chi connectivity index (χ0) is 21.7. The van der Waals surface area contributed by atoms with Crippen LogP contribution in [0.4, 0.5) is 14.5 Å². The first-order valence-corrected chi connectivity index (χ1v) is 10.8. The van der Waals surface area contributed by atoms with Crippen LogP contribution in [-0.2, 0) is 11.3 Å². The number of fused-ring (bicyclic) bond motifs is 1. The van der Waals surface area contributed by atoms with Gasteiger partial charge in [-0.2, -0.15) is 4.99 Å². The Balaban J connectivity index is 2.00. The summed E-state index contributed by atoms with van der Waals surface area (Å²) < 4.78 is 35.5. The Bertz CT molecular complexity index is 1090. The molecular formula is C22H25F2N3O2S. The number of thiazole rings is 1. The Kier molecular flexibility index (Phi) is 7.33. The summed E-state index contributed by atoms with van der Waals surface area (Å²) >= 11 is 1.08. The molecule has 3 aromatic rings. The minimum Gasteiger partial charge on any atom is -0.380 e. The monoisotopic (exact) mass is 433 g/mol. The summed E-state index contributed by atoms with van der Waals surface area (Å²) in [5, 5.41) is 0. The van der Waals surface area contributed by atoms with Crippen LogP contribution in [0.25, 0.3) is 10.2 Å². The number of rotatable bonds is 8. The van der Waals surface area contributed by atoms with Crippen molar-refractivity contribution in [1.29, 1.82) is 0 Å². The van der Waals surface area contributed by atoms with Gasteiger partial charge in [-0.15, -0.1) is 0 Å². The molecule has 0 aliphatic rings. The van der Waals surface area contributed by atoms with E-state index in [0.717, 1.165) is 36.2 Å². The molecule has 1 heterocycles. The number of hydrogen-bond donors (Lipinski definition) is 0. The van der Waals surface area contributed by atoms with Gasteiger partial charge in [0.25, 0.3) is 5.91 Å². The van der Waals surface area contributed by atoms with Crippen LogP contribution in [0.5, 0.6) is 0 Å². The number of halogens is 2. The van der Waals surface area contributed by atoms with Crippen LogP contribution >= 0.6 is 11.3 Å². The van der Waals surface area contributed by atoms with Gasteiger partial charge in [-0.05, 0) is 51.1 Å². The predicted molar refractivity (Wildman–Crippen MR) is 116 cm³/mol. The quantitative estimate of drug-likeness (QED) is 0.488. The summed E-state index contributed by atoms with van der Waals surface area (Å²) in [6.07, 6.45) is 0. The molecule has 160 valence electrons. The van der Waals surface area contributed by atoms with Gasteiger partial charge in [0, 0.05) is 43.6 Å². The molecule has 0 N–H and O–H groups in total. The Morgan fingerprint density at radius 3 is 2.47 bits per heavy atom. The number of amides is 1. The third-order valence-electron chi connectivity index (χ3n) is 4.80. The van der Waals surface area contributed by atoms with Gasteiger partial charge in [0.2, 0.25) is 0 Å². The number of ether oxygens (including phenoxy) is 1. The molecule has 30 heavy (non-hydrogen) atoms. The van der Waals surface area contributed by atoms with Gasteiger partial charge >= 0.3 is 0 Å². The van der Waals surface area contributed by atoms with Crippen molar-refractivity contribution >= 4 is 33.1 Å². The van der Waals surface area contributed by atoms with E-state index in [1.807, 2.05) is 19.1 Å². The Labute approximate surface area is 178 Å². The van der Waals surface area contributed by atoms with Crippen molar-refractivity contribution in [3.8, 4) is 0 Å². The second-order valence-corrected chi connectivity index (χ2v) is 7.61. The van der Waals surface area contributed by atoms with Gasteiger partial charge in [-0.25, -0.2) is 8.78 Å². The molecule has 3 rings (SSSR count). The third kappa shape index (κ3) is 4.76. The fraction of sp³-hybridized carbons (Fsp3) is 0.364. The van der Waals surface area contributed by atoms with E-state index in [1.165, 1.54) is 6.07 Å². The SMILES string of the molecule is CCOCCn1c(=NC(=O)c2ccc(N(CC)CC)cc2)sc2cc(F)cc(F)c21. The highest BCUT2D eigenvalue weighted by Gasteiger charge is 2.14. The fourth-order valence-electron chi connectivity index (χ4n) is 3.28. The fourth-order valence-corrected chi connectivity index (χ4v) is 4.37. The lowest BCUT2D eigenvalue weighted by atomic mass is 10.2. The molecule has 0 saturated heterocycles. The van der Waals surface area contributed by atoms with E-state index in [1.54, 1.807) is 16.7 Å². The molecule has 0 atom stereocenters. The third-order valence-corrected chi connectivity index (χ3v) is 5.82. The minimum atomic E-state index is -0.685. The normalized spacial score (nSPS) is 12.0. The van der Waals surface area contributed by atoms with Gasteiger partial charge < -0.3 is 14.2 Å². The van der Waals surface area contributed by atoms with E-state index >= 15 is 0 Å². The maximum Gasteiger partial charge on any atom is 0.279 e. The number of anilines is 1. The van der Waals surface area contributed by atoms with Crippen LogP contribution in [0.2, 0.25) is 0 Å². The number of carbonyl (C=O) groups excluding carboxylic acids is 1. The number of benzene rings is 2. The molecule has 0 radical (unpaired) electrons. The molecule has 5 nitrogen and oxygen atoms in total. The van der Waals surface area contributed by atoms with Crippen molar-refractivity contribution in [3.63, 3.8) is 0 Å². The number of aromatic nitrogens is 1. The zero-order valence-corrected chi connectivity index (χ0v) is 18.1.